The van der Waals surface area contributed by atoms with Crippen LogP contribution in [-0.2, 0) is 10.9 Å². The van der Waals surface area contributed by atoms with Crippen LogP contribution < -0.4 is 15.0 Å². The highest BCUT2D eigenvalue weighted by molar-refractivity contribution is 5.76. The number of hydrogen-bond donors (Lipinski definition) is 2. The minimum absolute atomic E-state index is 0.306. The summed E-state index contributed by atoms with van der Waals surface area (Å²) < 4.78 is 48.6. The number of halogens is 3. The van der Waals surface area contributed by atoms with Crippen LogP contribution in [0.4, 0.5) is 24.5 Å². The fraction of sp³-hybridized carbons (Fsp3) is 0.333. The summed E-state index contributed by atoms with van der Waals surface area (Å²) in [7, 11) is 0. The largest absolute Gasteiger partial charge is 0.457 e. The number of hydrogen-bond acceptors (Lipinski definition) is 5. The quantitative estimate of drug-likeness (QED) is 0.868. The van der Waals surface area contributed by atoms with Gasteiger partial charge >= 0.3 is 6.18 Å². The smallest absolute Gasteiger partial charge is 0.416 e. The van der Waals surface area contributed by atoms with Gasteiger partial charge in [-0.05, 0) is 36.4 Å². The number of aliphatic hydroxyl groups is 1. The van der Waals surface area contributed by atoms with Crippen molar-refractivity contribution in [3.63, 3.8) is 0 Å². The molecule has 0 bridgehead atoms. The summed E-state index contributed by atoms with van der Waals surface area (Å²) >= 11 is 0. The highest BCUT2D eigenvalue weighted by atomic mass is 19.4. The van der Waals surface area contributed by atoms with E-state index in [4.69, 9.17) is 9.47 Å². The lowest BCUT2D eigenvalue weighted by Crippen LogP contribution is -2.57. The van der Waals surface area contributed by atoms with Crippen molar-refractivity contribution < 1.29 is 27.8 Å². The highest BCUT2D eigenvalue weighted by Crippen LogP contribution is 2.38. The first-order valence-electron chi connectivity index (χ1n) is 8.11. The zero-order valence-corrected chi connectivity index (χ0v) is 13.7. The lowest BCUT2D eigenvalue weighted by Gasteiger charge is -2.39. The third-order valence-corrected chi connectivity index (χ3v) is 4.41. The second kappa shape index (κ2) is 6.07. The van der Waals surface area contributed by atoms with E-state index in [2.05, 4.69) is 5.32 Å². The number of β-amino-alcohol motifs (C(OH)–C–C–N with tert-alkyl or cyclic N) is 1. The second-order valence-electron chi connectivity index (χ2n) is 6.55. The number of rotatable bonds is 4. The normalized spacial score (nSPS) is 18.1. The van der Waals surface area contributed by atoms with Crippen molar-refractivity contribution in [2.75, 3.05) is 36.6 Å². The molecule has 138 valence electrons. The topological polar surface area (TPSA) is 54.0 Å². The molecule has 2 aliphatic rings. The number of anilines is 2. The van der Waals surface area contributed by atoms with Gasteiger partial charge in [-0.2, -0.15) is 13.2 Å². The predicted molar refractivity (Wildman–Crippen MR) is 89.6 cm³/mol. The van der Waals surface area contributed by atoms with Crippen LogP contribution in [0.3, 0.4) is 0 Å². The summed E-state index contributed by atoms with van der Waals surface area (Å²) in [5, 5.41) is 13.5. The molecule has 2 aromatic carbocycles. The number of benzene rings is 2. The van der Waals surface area contributed by atoms with Gasteiger partial charge < -0.3 is 24.8 Å². The molecular formula is C18H17F3N2O3. The lowest BCUT2D eigenvalue weighted by molar-refractivity contribution is -0.171. The second-order valence-corrected chi connectivity index (χ2v) is 6.55. The van der Waals surface area contributed by atoms with Crippen LogP contribution in [0.1, 0.15) is 5.56 Å². The Balaban J connectivity index is 1.50. The summed E-state index contributed by atoms with van der Waals surface area (Å²) in [6.45, 7) is 1.60. The first-order chi connectivity index (χ1) is 12.3. The average molecular weight is 366 g/mol. The first kappa shape index (κ1) is 17.0. The molecule has 2 aromatic rings. The zero-order valence-electron chi connectivity index (χ0n) is 13.7. The molecule has 8 heteroatoms. The Kier molecular flexibility index (Phi) is 3.96. The van der Waals surface area contributed by atoms with Crippen LogP contribution in [0.25, 0.3) is 0 Å². The van der Waals surface area contributed by atoms with Gasteiger partial charge in [-0.25, -0.2) is 0 Å². The van der Waals surface area contributed by atoms with Crippen LogP contribution >= 0.6 is 0 Å². The molecule has 0 unspecified atom stereocenters. The molecule has 2 aliphatic heterocycles. The average Bonchev–Trinajstić information content (AvgIpc) is 2.95. The van der Waals surface area contributed by atoms with E-state index in [1.807, 2.05) is 11.0 Å². The Labute approximate surface area is 147 Å². The minimum atomic E-state index is -4.37. The maximum atomic E-state index is 12.6. The third-order valence-electron chi connectivity index (χ3n) is 4.41. The number of alkyl halides is 3. The molecule has 1 saturated heterocycles. The Morgan fingerprint density at radius 2 is 1.81 bits per heavy atom. The van der Waals surface area contributed by atoms with Gasteiger partial charge in [-0.15, -0.1) is 0 Å². The van der Waals surface area contributed by atoms with Crippen LogP contribution in [0.15, 0.2) is 42.5 Å². The number of fused-ring (bicyclic) bond motifs is 1. The van der Waals surface area contributed by atoms with Crippen molar-refractivity contribution in [3.8, 4) is 11.5 Å². The van der Waals surface area contributed by atoms with Crippen molar-refractivity contribution in [1.29, 1.82) is 0 Å². The van der Waals surface area contributed by atoms with Crippen molar-refractivity contribution in [1.82, 2.24) is 0 Å². The standard InChI is InChI=1S/C18H17F3N2O3/c19-18(20,21)12-1-3-13(4-2-12)26-14-5-6-15-16(7-14)23(11-22-15)8-17(24)9-25-10-17/h1-7,22,24H,8-11H2. The fourth-order valence-corrected chi connectivity index (χ4v) is 3.03. The fourth-order valence-electron chi connectivity index (χ4n) is 3.03. The van der Waals surface area contributed by atoms with Gasteiger partial charge in [0.15, 0.2) is 0 Å². The van der Waals surface area contributed by atoms with E-state index in [1.165, 1.54) is 12.1 Å². The SMILES string of the molecule is OC1(CN2CNc3ccc(Oc4ccc(C(F)(F)F)cc4)cc32)COC1. The van der Waals surface area contributed by atoms with E-state index in [9.17, 15) is 18.3 Å². The molecular weight excluding hydrogens is 349 g/mol. The molecule has 0 atom stereocenters. The van der Waals surface area contributed by atoms with E-state index < -0.39 is 17.3 Å². The van der Waals surface area contributed by atoms with Gasteiger partial charge in [0, 0.05) is 6.07 Å². The van der Waals surface area contributed by atoms with E-state index in [1.54, 1.807) is 12.1 Å². The number of ether oxygens (including phenoxy) is 2. The van der Waals surface area contributed by atoms with Gasteiger partial charge in [0.25, 0.3) is 0 Å². The monoisotopic (exact) mass is 366 g/mol. The van der Waals surface area contributed by atoms with E-state index in [0.29, 0.717) is 37.9 Å². The van der Waals surface area contributed by atoms with Crippen LogP contribution in [0.5, 0.6) is 11.5 Å². The van der Waals surface area contributed by atoms with Crippen molar-refractivity contribution in [3.05, 3.63) is 48.0 Å². The van der Waals surface area contributed by atoms with E-state index in [0.717, 1.165) is 23.5 Å². The Bertz CT molecular complexity index is 804. The molecule has 2 heterocycles. The zero-order chi connectivity index (χ0) is 18.4. The maximum absolute atomic E-state index is 12.6. The summed E-state index contributed by atoms with van der Waals surface area (Å²) in [5.74, 6) is 0.829. The number of nitrogens with zero attached hydrogens (tertiary/aromatic N) is 1. The first-order valence-corrected chi connectivity index (χ1v) is 8.11. The summed E-state index contributed by atoms with van der Waals surface area (Å²) in [6.07, 6.45) is -4.37. The Morgan fingerprint density at radius 3 is 2.42 bits per heavy atom. The third kappa shape index (κ3) is 3.30. The van der Waals surface area contributed by atoms with Crippen LogP contribution in [0.2, 0.25) is 0 Å². The van der Waals surface area contributed by atoms with Crippen LogP contribution in [0, 0.1) is 0 Å². The molecule has 4 rings (SSSR count). The summed E-state index contributed by atoms with van der Waals surface area (Å²) in [6, 6.07) is 9.95. The molecule has 0 aromatic heterocycles. The lowest BCUT2D eigenvalue weighted by atomic mass is 10.0. The van der Waals surface area contributed by atoms with Crippen LogP contribution in [-0.4, -0.2) is 37.1 Å². The van der Waals surface area contributed by atoms with Gasteiger partial charge in [0.2, 0.25) is 0 Å². The molecule has 26 heavy (non-hydrogen) atoms. The molecule has 0 saturated carbocycles. The molecule has 2 N–H and O–H groups in total. The molecule has 1 fully saturated rings. The summed E-state index contributed by atoms with van der Waals surface area (Å²) in [5.41, 5.74) is 0.210. The van der Waals surface area contributed by atoms with Gasteiger partial charge in [0.1, 0.15) is 17.1 Å². The van der Waals surface area contributed by atoms with E-state index >= 15 is 0 Å². The maximum Gasteiger partial charge on any atom is 0.416 e. The van der Waals surface area contributed by atoms with Gasteiger partial charge in [-0.3, -0.25) is 0 Å². The Hall–Kier alpha value is -2.45. The molecule has 5 nitrogen and oxygen atoms in total. The molecule has 0 amide bonds. The Morgan fingerprint density at radius 1 is 1.12 bits per heavy atom. The minimum Gasteiger partial charge on any atom is -0.457 e. The van der Waals surface area contributed by atoms with Crippen molar-refractivity contribution >= 4 is 11.4 Å². The molecule has 0 spiro atoms. The predicted octanol–water partition coefficient (Wildman–Crippen LogP) is 3.45. The highest BCUT2D eigenvalue weighted by Gasteiger charge is 2.39. The number of nitrogens with one attached hydrogen (secondary N) is 1. The van der Waals surface area contributed by atoms with Gasteiger partial charge in [-0.1, -0.05) is 0 Å². The molecule has 0 radical (unpaired) electrons. The summed E-state index contributed by atoms with van der Waals surface area (Å²) in [4.78, 5) is 1.98. The van der Waals surface area contributed by atoms with Crippen molar-refractivity contribution in [2.24, 2.45) is 0 Å². The molecule has 0 aliphatic carbocycles. The van der Waals surface area contributed by atoms with Crippen molar-refractivity contribution in [2.45, 2.75) is 11.8 Å². The van der Waals surface area contributed by atoms with E-state index in [-0.39, 0.29) is 0 Å². The van der Waals surface area contributed by atoms with Gasteiger partial charge in [0.05, 0.1) is 43.4 Å².